The van der Waals surface area contributed by atoms with Gasteiger partial charge < -0.3 is 14.6 Å². The number of methoxy groups -OCH3 is 2. The van der Waals surface area contributed by atoms with E-state index in [1.807, 2.05) is 25.1 Å². The molecule has 134 valence electrons. The first-order chi connectivity index (χ1) is 11.8. The SMILES string of the molecule is COc1ccc([C@@H]2c3c(n[nH]c3C)C[C@](C)(O)[C@@H]2C(C)=O)cc1OC. The normalized spacial score (nSPS) is 25.4. The Morgan fingerprint density at radius 2 is 2.00 bits per heavy atom. The van der Waals surface area contributed by atoms with Gasteiger partial charge in [-0.05, 0) is 38.5 Å². The second-order valence-electron chi connectivity index (χ2n) is 6.92. The van der Waals surface area contributed by atoms with Crippen molar-refractivity contribution in [1.82, 2.24) is 10.2 Å². The predicted octanol–water partition coefficient (Wildman–Crippen LogP) is 2.38. The number of ether oxygens (including phenoxy) is 2. The van der Waals surface area contributed by atoms with Crippen LogP contribution in [-0.2, 0) is 11.2 Å². The maximum Gasteiger partial charge on any atom is 0.161 e. The number of rotatable bonds is 4. The van der Waals surface area contributed by atoms with Crippen LogP contribution in [0.25, 0.3) is 0 Å². The molecule has 0 fully saturated rings. The van der Waals surface area contributed by atoms with Gasteiger partial charge in [0.25, 0.3) is 0 Å². The van der Waals surface area contributed by atoms with Crippen LogP contribution in [0.3, 0.4) is 0 Å². The molecule has 1 aromatic carbocycles. The fourth-order valence-electron chi connectivity index (χ4n) is 4.09. The Morgan fingerprint density at radius 1 is 1.32 bits per heavy atom. The number of hydrogen-bond acceptors (Lipinski definition) is 5. The van der Waals surface area contributed by atoms with Crippen LogP contribution in [-0.4, -0.2) is 40.9 Å². The monoisotopic (exact) mass is 344 g/mol. The molecule has 0 bridgehead atoms. The molecule has 1 aromatic heterocycles. The van der Waals surface area contributed by atoms with E-state index < -0.39 is 11.5 Å². The molecule has 0 radical (unpaired) electrons. The molecule has 1 aliphatic carbocycles. The van der Waals surface area contributed by atoms with Gasteiger partial charge in [-0.15, -0.1) is 0 Å². The first-order valence-electron chi connectivity index (χ1n) is 8.28. The molecule has 25 heavy (non-hydrogen) atoms. The average Bonchev–Trinajstić information content (AvgIpc) is 2.91. The molecule has 3 atom stereocenters. The van der Waals surface area contributed by atoms with E-state index in [1.165, 1.54) is 6.92 Å². The number of carbonyl (C=O) groups is 1. The Bertz CT molecular complexity index is 810. The van der Waals surface area contributed by atoms with E-state index in [9.17, 15) is 9.90 Å². The molecule has 6 heteroatoms. The third kappa shape index (κ3) is 2.80. The van der Waals surface area contributed by atoms with E-state index in [2.05, 4.69) is 10.2 Å². The lowest BCUT2D eigenvalue weighted by Crippen LogP contribution is -2.48. The standard InChI is InChI=1S/C19H24N2O4/c1-10-16-13(21-20-10)9-19(3,23)18(11(2)22)17(16)12-6-7-14(24-4)15(8-12)25-5/h6-8,17-18,23H,9H2,1-5H3,(H,20,21)/t17-,18-,19+/m1/s1. The summed E-state index contributed by atoms with van der Waals surface area (Å²) in [6.07, 6.45) is 0.348. The highest BCUT2D eigenvalue weighted by atomic mass is 16.5. The fraction of sp³-hybridized carbons (Fsp3) is 0.474. The first-order valence-corrected chi connectivity index (χ1v) is 8.28. The van der Waals surface area contributed by atoms with E-state index >= 15 is 0 Å². The van der Waals surface area contributed by atoms with Crippen molar-refractivity contribution < 1.29 is 19.4 Å². The maximum atomic E-state index is 12.5. The quantitative estimate of drug-likeness (QED) is 0.889. The summed E-state index contributed by atoms with van der Waals surface area (Å²) in [4.78, 5) is 12.5. The molecule has 3 rings (SSSR count). The van der Waals surface area contributed by atoms with Gasteiger partial charge in [0.05, 0.1) is 31.4 Å². The zero-order chi connectivity index (χ0) is 18.4. The molecule has 2 aromatic rings. The van der Waals surface area contributed by atoms with Crippen molar-refractivity contribution in [3.05, 3.63) is 40.7 Å². The van der Waals surface area contributed by atoms with Crippen LogP contribution in [0.1, 0.15) is 42.3 Å². The van der Waals surface area contributed by atoms with Crippen LogP contribution in [0, 0.1) is 12.8 Å². The van der Waals surface area contributed by atoms with Gasteiger partial charge in [0.1, 0.15) is 5.78 Å². The number of carbonyl (C=O) groups excluding carboxylic acids is 1. The molecular formula is C19H24N2O4. The zero-order valence-electron chi connectivity index (χ0n) is 15.2. The van der Waals surface area contributed by atoms with Gasteiger partial charge in [-0.25, -0.2) is 0 Å². The number of fused-ring (bicyclic) bond motifs is 1. The second kappa shape index (κ2) is 6.19. The van der Waals surface area contributed by atoms with E-state index in [4.69, 9.17) is 9.47 Å². The Balaban J connectivity index is 2.23. The van der Waals surface area contributed by atoms with Gasteiger partial charge in [-0.3, -0.25) is 9.89 Å². The van der Waals surface area contributed by atoms with E-state index in [-0.39, 0.29) is 11.7 Å². The van der Waals surface area contributed by atoms with Crippen molar-refractivity contribution in [2.45, 2.75) is 38.7 Å². The largest absolute Gasteiger partial charge is 0.493 e. The third-order valence-electron chi connectivity index (χ3n) is 5.12. The highest BCUT2D eigenvalue weighted by Crippen LogP contribution is 2.47. The van der Waals surface area contributed by atoms with Gasteiger partial charge in [-0.1, -0.05) is 6.07 Å². The number of aromatic amines is 1. The van der Waals surface area contributed by atoms with E-state index in [0.717, 1.165) is 22.5 Å². The second-order valence-corrected chi connectivity index (χ2v) is 6.92. The maximum absolute atomic E-state index is 12.5. The number of aliphatic hydroxyl groups is 1. The van der Waals surface area contributed by atoms with Gasteiger partial charge in [0, 0.05) is 23.6 Å². The van der Waals surface area contributed by atoms with Gasteiger partial charge in [-0.2, -0.15) is 5.10 Å². The highest BCUT2D eigenvalue weighted by Gasteiger charge is 2.48. The third-order valence-corrected chi connectivity index (χ3v) is 5.12. The molecule has 0 spiro atoms. The number of aromatic nitrogens is 2. The highest BCUT2D eigenvalue weighted by molar-refractivity contribution is 5.82. The topological polar surface area (TPSA) is 84.4 Å². The number of nitrogens with one attached hydrogen (secondary N) is 1. The molecule has 0 saturated carbocycles. The Kier molecular flexibility index (Phi) is 4.33. The number of nitrogens with zero attached hydrogens (tertiary/aromatic N) is 1. The zero-order valence-corrected chi connectivity index (χ0v) is 15.2. The van der Waals surface area contributed by atoms with Crippen molar-refractivity contribution in [1.29, 1.82) is 0 Å². The molecule has 1 aliphatic rings. The van der Waals surface area contributed by atoms with Crippen LogP contribution in [0.15, 0.2) is 18.2 Å². The molecule has 0 amide bonds. The van der Waals surface area contributed by atoms with Crippen molar-refractivity contribution >= 4 is 5.78 Å². The van der Waals surface area contributed by atoms with E-state index in [1.54, 1.807) is 21.1 Å². The van der Waals surface area contributed by atoms with Gasteiger partial charge >= 0.3 is 0 Å². The number of H-pyrrole nitrogens is 1. The van der Waals surface area contributed by atoms with E-state index in [0.29, 0.717) is 17.9 Å². The Morgan fingerprint density at radius 3 is 2.60 bits per heavy atom. The summed E-state index contributed by atoms with van der Waals surface area (Å²) in [5.41, 5.74) is 2.43. The Labute approximate surface area is 147 Å². The minimum Gasteiger partial charge on any atom is -0.493 e. The van der Waals surface area contributed by atoms with Crippen molar-refractivity contribution in [3.8, 4) is 11.5 Å². The lowest BCUT2D eigenvalue weighted by atomic mass is 9.64. The Hall–Kier alpha value is -2.34. The summed E-state index contributed by atoms with van der Waals surface area (Å²) in [5, 5.41) is 18.3. The molecular weight excluding hydrogens is 320 g/mol. The lowest BCUT2D eigenvalue weighted by molar-refractivity contribution is -0.130. The minimum absolute atomic E-state index is 0.0453. The number of Topliss-reactive ketones (excluding diaryl/α,β-unsaturated/α-hetero) is 1. The smallest absolute Gasteiger partial charge is 0.161 e. The first kappa shape index (κ1) is 17.5. The summed E-state index contributed by atoms with van der Waals surface area (Å²) in [7, 11) is 3.16. The molecule has 2 N–H and O–H groups in total. The summed E-state index contributed by atoms with van der Waals surface area (Å²) in [6, 6.07) is 5.61. The number of aryl methyl sites for hydroxylation is 1. The predicted molar refractivity (Wildman–Crippen MR) is 93.2 cm³/mol. The van der Waals surface area contributed by atoms with Crippen molar-refractivity contribution in [2.24, 2.45) is 5.92 Å². The van der Waals surface area contributed by atoms with Crippen LogP contribution in [0.5, 0.6) is 11.5 Å². The fourth-order valence-corrected chi connectivity index (χ4v) is 4.09. The molecule has 6 nitrogen and oxygen atoms in total. The summed E-state index contributed by atoms with van der Waals surface area (Å²) < 4.78 is 10.7. The number of hydrogen-bond donors (Lipinski definition) is 2. The van der Waals surface area contributed by atoms with Crippen LogP contribution < -0.4 is 9.47 Å². The van der Waals surface area contributed by atoms with Crippen molar-refractivity contribution in [2.75, 3.05) is 14.2 Å². The lowest BCUT2D eigenvalue weighted by Gasteiger charge is -2.41. The number of ketones is 1. The molecule has 0 saturated heterocycles. The van der Waals surface area contributed by atoms with Crippen LogP contribution in [0.2, 0.25) is 0 Å². The molecule has 0 aliphatic heterocycles. The van der Waals surface area contributed by atoms with Crippen molar-refractivity contribution in [3.63, 3.8) is 0 Å². The number of benzene rings is 1. The molecule has 1 heterocycles. The van der Waals surface area contributed by atoms with Crippen LogP contribution in [0.4, 0.5) is 0 Å². The minimum atomic E-state index is -1.17. The summed E-state index contributed by atoms with van der Waals surface area (Å²) >= 11 is 0. The molecule has 0 unspecified atom stereocenters. The summed E-state index contributed by atoms with van der Waals surface area (Å²) in [6.45, 7) is 5.18. The van der Waals surface area contributed by atoms with Crippen LogP contribution >= 0.6 is 0 Å². The average molecular weight is 344 g/mol. The van der Waals surface area contributed by atoms with Gasteiger partial charge in [0.2, 0.25) is 0 Å². The summed E-state index contributed by atoms with van der Waals surface area (Å²) in [5.74, 6) is 0.313. The van der Waals surface area contributed by atoms with Gasteiger partial charge in [0.15, 0.2) is 11.5 Å².